The Kier molecular flexibility index (Phi) is 2.89. The summed E-state index contributed by atoms with van der Waals surface area (Å²) in [7, 11) is 0. The minimum absolute atomic E-state index is 0.165. The van der Waals surface area contributed by atoms with Crippen LogP contribution in [0.5, 0.6) is 0 Å². The van der Waals surface area contributed by atoms with E-state index in [2.05, 4.69) is 10.5 Å². The van der Waals surface area contributed by atoms with E-state index in [0.717, 1.165) is 0 Å². The highest BCUT2D eigenvalue weighted by Crippen LogP contribution is 2.22. The molecule has 0 aliphatic heterocycles. The average Bonchev–Trinajstić information content (AvgIpc) is 3.14. The summed E-state index contributed by atoms with van der Waals surface area (Å²) in [6, 6.07) is 8.64. The third-order valence-electron chi connectivity index (χ3n) is 2.51. The Bertz CT molecular complexity index is 653. The molecule has 0 aliphatic rings. The summed E-state index contributed by atoms with van der Waals surface area (Å²) in [5, 5.41) is 6.13. The molecule has 0 aliphatic carbocycles. The van der Waals surface area contributed by atoms with Crippen molar-refractivity contribution in [2.45, 2.75) is 6.54 Å². The number of carbonyl (C=O) groups is 1. The van der Waals surface area contributed by atoms with Gasteiger partial charge in [0, 0.05) is 6.07 Å². The summed E-state index contributed by atoms with van der Waals surface area (Å²) in [4.78, 5) is 11.6. The summed E-state index contributed by atoms with van der Waals surface area (Å²) < 4.78 is 15.5. The van der Waals surface area contributed by atoms with Crippen molar-refractivity contribution in [2.24, 2.45) is 0 Å². The quantitative estimate of drug-likeness (QED) is 0.777. The summed E-state index contributed by atoms with van der Waals surface area (Å²) in [5.41, 5.74) is 0. The summed E-state index contributed by atoms with van der Waals surface area (Å²) in [6.45, 7) is 0.264. The predicted molar refractivity (Wildman–Crippen MR) is 64.1 cm³/mol. The topological polar surface area (TPSA) is 81.4 Å². The molecule has 3 rings (SSSR count). The molecule has 0 radical (unpaired) electrons. The van der Waals surface area contributed by atoms with Gasteiger partial charge in [-0.25, -0.2) is 0 Å². The molecule has 19 heavy (non-hydrogen) atoms. The van der Waals surface area contributed by atoms with Gasteiger partial charge >= 0.3 is 0 Å². The van der Waals surface area contributed by atoms with Crippen molar-refractivity contribution in [3.8, 4) is 11.5 Å². The lowest BCUT2D eigenvalue weighted by atomic mass is 10.3. The fourth-order valence-electron chi connectivity index (χ4n) is 1.61. The van der Waals surface area contributed by atoms with E-state index in [-0.39, 0.29) is 18.2 Å². The Morgan fingerprint density at radius 3 is 2.89 bits per heavy atom. The first kappa shape index (κ1) is 11.3. The Hall–Kier alpha value is -2.76. The minimum atomic E-state index is -0.339. The molecule has 1 N–H and O–H groups in total. The number of nitrogens with one attached hydrogen (secondary N) is 1. The van der Waals surface area contributed by atoms with Gasteiger partial charge in [0.1, 0.15) is 5.76 Å². The maximum Gasteiger partial charge on any atom is 0.290 e. The van der Waals surface area contributed by atoms with Crippen molar-refractivity contribution < 1.29 is 18.2 Å². The second kappa shape index (κ2) is 4.85. The monoisotopic (exact) mass is 258 g/mol. The highest BCUT2D eigenvalue weighted by molar-refractivity contribution is 5.91. The van der Waals surface area contributed by atoms with Gasteiger partial charge in [-0.3, -0.25) is 4.79 Å². The lowest BCUT2D eigenvalue weighted by Crippen LogP contribution is -2.21. The highest BCUT2D eigenvalue weighted by Gasteiger charge is 2.11. The van der Waals surface area contributed by atoms with Gasteiger partial charge in [0.05, 0.1) is 19.0 Å². The maximum absolute atomic E-state index is 11.6. The molecule has 0 fully saturated rings. The molecule has 0 aromatic carbocycles. The molecule has 6 heteroatoms. The highest BCUT2D eigenvalue weighted by atomic mass is 16.5. The van der Waals surface area contributed by atoms with Crippen LogP contribution in [0.15, 0.2) is 56.1 Å². The van der Waals surface area contributed by atoms with Crippen molar-refractivity contribution in [1.29, 1.82) is 0 Å². The van der Waals surface area contributed by atoms with Gasteiger partial charge in [-0.15, -0.1) is 0 Å². The lowest BCUT2D eigenvalue weighted by molar-refractivity contribution is 0.0911. The second-order valence-electron chi connectivity index (χ2n) is 3.80. The molecule has 3 heterocycles. The maximum atomic E-state index is 11.6. The van der Waals surface area contributed by atoms with E-state index >= 15 is 0 Å². The van der Waals surface area contributed by atoms with Gasteiger partial charge in [-0.2, -0.15) is 0 Å². The average molecular weight is 258 g/mol. The van der Waals surface area contributed by atoms with E-state index in [1.807, 2.05) is 0 Å². The lowest BCUT2D eigenvalue weighted by Gasteiger charge is -1.99. The predicted octanol–water partition coefficient (Wildman–Crippen LogP) is 2.46. The van der Waals surface area contributed by atoms with E-state index < -0.39 is 0 Å². The SMILES string of the molecule is O=C(NCc1ccc(-c2ccco2)o1)c1ccno1. The normalized spacial score (nSPS) is 10.5. The number of aromatic nitrogens is 1. The number of carbonyl (C=O) groups excluding carboxylic acids is 1. The van der Waals surface area contributed by atoms with E-state index in [1.54, 1.807) is 30.5 Å². The van der Waals surface area contributed by atoms with Crippen molar-refractivity contribution >= 4 is 5.91 Å². The molecule has 0 saturated heterocycles. The molecule has 3 aromatic heterocycles. The Morgan fingerprint density at radius 2 is 2.16 bits per heavy atom. The molecule has 3 aromatic rings. The van der Waals surface area contributed by atoms with Crippen molar-refractivity contribution in [1.82, 2.24) is 10.5 Å². The molecule has 0 atom stereocenters. The van der Waals surface area contributed by atoms with Gasteiger partial charge in [0.2, 0.25) is 5.76 Å². The molecule has 0 spiro atoms. The third-order valence-corrected chi connectivity index (χ3v) is 2.51. The van der Waals surface area contributed by atoms with Crippen LogP contribution in [0.4, 0.5) is 0 Å². The number of furan rings is 2. The number of hydrogen-bond donors (Lipinski definition) is 1. The van der Waals surface area contributed by atoms with Gasteiger partial charge in [0.25, 0.3) is 5.91 Å². The van der Waals surface area contributed by atoms with Gasteiger partial charge < -0.3 is 18.7 Å². The van der Waals surface area contributed by atoms with Crippen LogP contribution in [0.1, 0.15) is 16.3 Å². The molecule has 1 amide bonds. The number of nitrogens with zero attached hydrogens (tertiary/aromatic N) is 1. The van der Waals surface area contributed by atoms with E-state index in [0.29, 0.717) is 17.3 Å². The van der Waals surface area contributed by atoms with Crippen LogP contribution in [-0.4, -0.2) is 11.1 Å². The van der Waals surface area contributed by atoms with Crippen molar-refractivity contribution in [2.75, 3.05) is 0 Å². The second-order valence-corrected chi connectivity index (χ2v) is 3.80. The minimum Gasteiger partial charge on any atom is -0.461 e. The van der Waals surface area contributed by atoms with E-state index in [9.17, 15) is 4.79 Å². The van der Waals surface area contributed by atoms with Crippen molar-refractivity contribution in [3.05, 3.63) is 54.3 Å². The first-order chi connectivity index (χ1) is 9.33. The van der Waals surface area contributed by atoms with Gasteiger partial charge in [-0.1, -0.05) is 5.16 Å². The van der Waals surface area contributed by atoms with E-state index in [4.69, 9.17) is 13.4 Å². The number of rotatable bonds is 4. The third kappa shape index (κ3) is 2.42. The zero-order valence-electron chi connectivity index (χ0n) is 9.83. The fraction of sp³-hybridized carbons (Fsp3) is 0.0769. The van der Waals surface area contributed by atoms with Crippen LogP contribution in [-0.2, 0) is 6.54 Å². The van der Waals surface area contributed by atoms with Crippen LogP contribution in [0.2, 0.25) is 0 Å². The van der Waals surface area contributed by atoms with Gasteiger partial charge in [-0.05, 0) is 24.3 Å². The molecule has 0 bridgehead atoms. The standard InChI is InChI=1S/C13H10N2O4/c16-13(12-5-6-15-19-12)14-8-9-3-4-11(18-9)10-2-1-7-17-10/h1-7H,8H2,(H,14,16). The zero-order valence-corrected chi connectivity index (χ0v) is 9.83. The van der Waals surface area contributed by atoms with Crippen LogP contribution >= 0.6 is 0 Å². The van der Waals surface area contributed by atoms with Crippen LogP contribution in [0.3, 0.4) is 0 Å². The zero-order chi connectivity index (χ0) is 13.1. The molecular weight excluding hydrogens is 248 g/mol. The Labute approximate surface area is 108 Å². The molecule has 6 nitrogen and oxygen atoms in total. The Morgan fingerprint density at radius 1 is 1.21 bits per heavy atom. The van der Waals surface area contributed by atoms with Crippen LogP contribution < -0.4 is 5.32 Å². The Balaban J connectivity index is 1.63. The largest absolute Gasteiger partial charge is 0.461 e. The smallest absolute Gasteiger partial charge is 0.290 e. The molecular formula is C13H10N2O4. The van der Waals surface area contributed by atoms with Crippen LogP contribution in [0.25, 0.3) is 11.5 Å². The first-order valence-electron chi connectivity index (χ1n) is 5.64. The number of hydrogen-bond acceptors (Lipinski definition) is 5. The first-order valence-corrected chi connectivity index (χ1v) is 5.64. The fourth-order valence-corrected chi connectivity index (χ4v) is 1.61. The summed E-state index contributed by atoms with van der Waals surface area (Å²) >= 11 is 0. The van der Waals surface area contributed by atoms with Gasteiger partial charge in [0.15, 0.2) is 11.5 Å². The van der Waals surface area contributed by atoms with E-state index in [1.165, 1.54) is 12.3 Å². The number of amides is 1. The van der Waals surface area contributed by atoms with Crippen LogP contribution in [0, 0.1) is 0 Å². The summed E-state index contributed by atoms with van der Waals surface area (Å²) in [5.74, 6) is 1.72. The summed E-state index contributed by atoms with van der Waals surface area (Å²) in [6.07, 6.45) is 2.99. The molecule has 0 saturated carbocycles. The van der Waals surface area contributed by atoms with Crippen molar-refractivity contribution in [3.63, 3.8) is 0 Å². The molecule has 0 unspecified atom stereocenters. The molecule has 96 valence electrons.